The molecule has 0 aliphatic heterocycles. The van der Waals surface area contributed by atoms with E-state index in [4.69, 9.17) is 25.5 Å². The van der Waals surface area contributed by atoms with Crippen molar-refractivity contribution in [1.29, 1.82) is 0 Å². The Morgan fingerprint density at radius 2 is 1.58 bits per heavy atom. The van der Waals surface area contributed by atoms with E-state index in [0.717, 1.165) is 24.3 Å². The summed E-state index contributed by atoms with van der Waals surface area (Å²) < 4.78 is 75.3. The molecule has 0 aliphatic carbocycles. The molecule has 2 aromatic rings. The molecule has 15 heteroatoms. The fourth-order valence-electron chi connectivity index (χ4n) is 2.16. The van der Waals surface area contributed by atoms with Crippen molar-refractivity contribution >= 4 is 17.6 Å². The van der Waals surface area contributed by atoms with Gasteiger partial charge in [0, 0.05) is 18.1 Å². The zero-order valence-corrected chi connectivity index (χ0v) is 16.1. The Hall–Kier alpha value is -3.88. The molecular formula is C18H14F6N2O7. The fourth-order valence-corrected chi connectivity index (χ4v) is 2.16. The number of benzene rings is 2. The molecule has 0 aliphatic rings. The third-order valence-electron chi connectivity index (χ3n) is 3.64. The van der Waals surface area contributed by atoms with Gasteiger partial charge in [-0.05, 0) is 30.3 Å². The maximum absolute atomic E-state index is 12.7. The molecule has 2 rings (SSSR count). The van der Waals surface area contributed by atoms with Gasteiger partial charge in [-0.3, -0.25) is 14.9 Å². The summed E-state index contributed by atoms with van der Waals surface area (Å²) in [7, 11) is 0. The van der Waals surface area contributed by atoms with Crippen molar-refractivity contribution in [2.24, 2.45) is 5.73 Å². The summed E-state index contributed by atoms with van der Waals surface area (Å²) in [5.74, 6) is -4.21. The van der Waals surface area contributed by atoms with Crippen LogP contribution in [0.5, 0.6) is 11.5 Å². The fraction of sp³-hybridized carbons (Fsp3) is 0.222. The normalized spacial score (nSPS) is 12.2. The number of alkyl halides is 6. The number of nitrogens with zero attached hydrogens (tertiary/aromatic N) is 1. The van der Waals surface area contributed by atoms with Crippen molar-refractivity contribution in [3.63, 3.8) is 0 Å². The Kier molecular flexibility index (Phi) is 8.74. The number of hydrogen-bond acceptors (Lipinski definition) is 6. The first-order valence-electron chi connectivity index (χ1n) is 8.43. The molecular weight excluding hydrogens is 470 g/mol. The van der Waals surface area contributed by atoms with Gasteiger partial charge in [-0.15, -0.1) is 0 Å². The number of nitro benzene ring substituents is 1. The van der Waals surface area contributed by atoms with Gasteiger partial charge >= 0.3 is 24.3 Å². The van der Waals surface area contributed by atoms with Crippen LogP contribution in [-0.4, -0.2) is 39.3 Å². The maximum Gasteiger partial charge on any atom is 0.490 e. The minimum atomic E-state index is -5.08. The molecule has 9 nitrogen and oxygen atoms in total. The van der Waals surface area contributed by atoms with Crippen LogP contribution in [0.3, 0.4) is 0 Å². The number of carboxylic acid groups (broad SMARTS) is 2. The van der Waals surface area contributed by atoms with Crippen LogP contribution in [0, 0.1) is 10.1 Å². The van der Waals surface area contributed by atoms with E-state index in [2.05, 4.69) is 0 Å². The third kappa shape index (κ3) is 8.64. The molecule has 2 aromatic carbocycles. The third-order valence-corrected chi connectivity index (χ3v) is 3.64. The molecule has 0 spiro atoms. The second-order valence-electron chi connectivity index (χ2n) is 6.13. The van der Waals surface area contributed by atoms with Crippen LogP contribution in [-0.2, 0) is 22.2 Å². The Balaban J connectivity index is 0.000000675. The lowest BCUT2D eigenvalue weighted by Gasteiger charge is -2.12. The number of halogens is 6. The first-order valence-corrected chi connectivity index (χ1v) is 8.43. The lowest BCUT2D eigenvalue weighted by atomic mass is 10.0. The number of nitrogens with two attached hydrogens (primary N) is 1. The van der Waals surface area contributed by atoms with Crippen molar-refractivity contribution in [1.82, 2.24) is 0 Å². The molecule has 0 heterocycles. The topological polar surface area (TPSA) is 153 Å². The smallest absolute Gasteiger partial charge is 0.480 e. The molecule has 33 heavy (non-hydrogen) atoms. The second kappa shape index (κ2) is 10.6. The Bertz CT molecular complexity index is 1020. The van der Waals surface area contributed by atoms with Crippen molar-refractivity contribution in [3.05, 3.63) is 63.7 Å². The summed E-state index contributed by atoms with van der Waals surface area (Å²) in [4.78, 5) is 30.1. The predicted octanol–water partition coefficient (Wildman–Crippen LogP) is 3.99. The Labute approximate surface area is 180 Å². The van der Waals surface area contributed by atoms with E-state index in [1.807, 2.05) is 0 Å². The van der Waals surface area contributed by atoms with Crippen LogP contribution < -0.4 is 10.5 Å². The van der Waals surface area contributed by atoms with Crippen LogP contribution in [0.1, 0.15) is 11.1 Å². The van der Waals surface area contributed by atoms with Crippen LogP contribution in [0.2, 0.25) is 0 Å². The summed E-state index contributed by atoms with van der Waals surface area (Å²) in [5.41, 5.74) is 4.12. The standard InChI is InChI=1S/C16H13F3N2O5.C2HF3O2/c17-16(18,19)10-2-1-3-11(8-10)26-12-4-5-14(21(24)25)9(6-12)7-13(20)15(22)23;3-2(4,5)1(6)7/h1-6,8,13H,7,20H2,(H,22,23);(H,6,7)/t13-;/m0./s1. The first kappa shape index (κ1) is 27.2. The number of nitro groups is 1. The molecule has 0 saturated carbocycles. The van der Waals surface area contributed by atoms with Gasteiger partial charge in [0.1, 0.15) is 17.5 Å². The van der Waals surface area contributed by atoms with E-state index in [1.54, 1.807) is 0 Å². The van der Waals surface area contributed by atoms with Gasteiger partial charge in [0.25, 0.3) is 5.69 Å². The highest BCUT2D eigenvalue weighted by Crippen LogP contribution is 2.33. The number of carboxylic acids is 2. The molecule has 0 aromatic heterocycles. The van der Waals surface area contributed by atoms with Gasteiger partial charge in [0.05, 0.1) is 10.5 Å². The predicted molar refractivity (Wildman–Crippen MR) is 97.6 cm³/mol. The first-order chi connectivity index (χ1) is 15.0. The van der Waals surface area contributed by atoms with Crippen molar-refractivity contribution in [2.45, 2.75) is 24.8 Å². The summed E-state index contributed by atoms with van der Waals surface area (Å²) in [5, 5.41) is 27.0. The molecule has 0 amide bonds. The zero-order chi connectivity index (χ0) is 25.6. The van der Waals surface area contributed by atoms with E-state index in [9.17, 15) is 41.3 Å². The zero-order valence-electron chi connectivity index (χ0n) is 16.1. The van der Waals surface area contributed by atoms with Crippen molar-refractivity contribution in [2.75, 3.05) is 0 Å². The van der Waals surface area contributed by atoms with E-state index in [1.165, 1.54) is 18.2 Å². The highest BCUT2D eigenvalue weighted by atomic mass is 19.4. The van der Waals surface area contributed by atoms with Crippen molar-refractivity contribution in [3.8, 4) is 11.5 Å². The van der Waals surface area contributed by atoms with Gasteiger partial charge in [-0.2, -0.15) is 26.3 Å². The molecule has 4 N–H and O–H groups in total. The highest BCUT2D eigenvalue weighted by molar-refractivity contribution is 5.74. The summed E-state index contributed by atoms with van der Waals surface area (Å²) in [6, 6.07) is 6.19. The molecule has 0 saturated heterocycles. The lowest BCUT2D eigenvalue weighted by Crippen LogP contribution is -2.32. The number of ether oxygens (including phenoxy) is 1. The Morgan fingerprint density at radius 1 is 1.03 bits per heavy atom. The molecule has 0 bridgehead atoms. The Morgan fingerprint density at radius 3 is 2.03 bits per heavy atom. The SMILES string of the molecule is N[C@@H](Cc1cc(Oc2cccc(C(F)(F)F)c2)ccc1[N+](=O)[O-])C(=O)O.O=C(O)C(F)(F)F. The van der Waals surface area contributed by atoms with E-state index in [0.29, 0.717) is 0 Å². The molecule has 180 valence electrons. The largest absolute Gasteiger partial charge is 0.490 e. The van der Waals surface area contributed by atoms with E-state index >= 15 is 0 Å². The van der Waals surface area contributed by atoms with Crippen molar-refractivity contribution < 1.29 is 55.8 Å². The number of carbonyl (C=O) groups is 2. The maximum atomic E-state index is 12.7. The van der Waals surface area contributed by atoms with Gasteiger partial charge in [0.2, 0.25) is 0 Å². The van der Waals surface area contributed by atoms with Gasteiger partial charge in [-0.1, -0.05) is 6.07 Å². The number of hydrogen-bond donors (Lipinski definition) is 3. The lowest BCUT2D eigenvalue weighted by molar-refractivity contribution is -0.385. The van der Waals surface area contributed by atoms with Crippen LogP contribution in [0.4, 0.5) is 32.0 Å². The minimum Gasteiger partial charge on any atom is -0.480 e. The summed E-state index contributed by atoms with van der Waals surface area (Å²) in [6.45, 7) is 0. The van der Waals surface area contributed by atoms with Crippen LogP contribution >= 0.6 is 0 Å². The quantitative estimate of drug-likeness (QED) is 0.316. The second-order valence-corrected chi connectivity index (χ2v) is 6.13. The van der Waals surface area contributed by atoms with Gasteiger partial charge in [-0.25, -0.2) is 4.79 Å². The average molecular weight is 484 g/mol. The van der Waals surface area contributed by atoms with E-state index in [-0.39, 0.29) is 29.2 Å². The summed E-state index contributed by atoms with van der Waals surface area (Å²) in [6.07, 6.45) is -9.97. The van der Waals surface area contributed by atoms with E-state index < -0.39 is 40.8 Å². The van der Waals surface area contributed by atoms with Gasteiger partial charge < -0.3 is 20.7 Å². The van der Waals surface area contributed by atoms with Gasteiger partial charge in [0.15, 0.2) is 0 Å². The number of rotatable bonds is 6. The van der Waals surface area contributed by atoms with Crippen LogP contribution in [0.25, 0.3) is 0 Å². The highest BCUT2D eigenvalue weighted by Gasteiger charge is 2.38. The summed E-state index contributed by atoms with van der Waals surface area (Å²) >= 11 is 0. The average Bonchev–Trinajstić information content (AvgIpc) is 2.67. The molecule has 0 radical (unpaired) electrons. The minimum absolute atomic E-state index is 0.00521. The number of aliphatic carboxylic acids is 2. The van der Waals surface area contributed by atoms with Crippen LogP contribution in [0.15, 0.2) is 42.5 Å². The monoisotopic (exact) mass is 484 g/mol. The molecule has 1 atom stereocenters. The molecule has 0 fully saturated rings. The molecule has 0 unspecified atom stereocenters.